The molecule has 1 saturated carbocycles. The molecule has 2 aliphatic rings. The number of hydrogen-bond acceptors (Lipinski definition) is 7. The first-order chi connectivity index (χ1) is 18.8. The Labute approximate surface area is 224 Å². The summed E-state index contributed by atoms with van der Waals surface area (Å²) < 4.78 is 31.5. The molecule has 0 unspecified atom stereocenters. The SMILES string of the molecule is CC(=O)N[C@@H]1[C@H](N)CN(c2ccncc2Nc2ncc3ccc(-c4c(F)cc(C5CC5)cc4F)nn23)C[C@@H]1C. The molecule has 4 N–H and O–H groups in total. The number of hydrogen-bond donors (Lipinski definition) is 3. The van der Waals surface area contributed by atoms with Crippen LogP contribution in [0.25, 0.3) is 16.8 Å². The number of anilines is 3. The van der Waals surface area contributed by atoms with Crippen molar-refractivity contribution >= 4 is 28.7 Å². The number of amides is 1. The van der Waals surface area contributed by atoms with Gasteiger partial charge >= 0.3 is 0 Å². The molecule has 0 spiro atoms. The molecule has 202 valence electrons. The first kappa shape index (κ1) is 25.2. The molecule has 0 bridgehead atoms. The Morgan fingerprint density at radius 2 is 1.87 bits per heavy atom. The fourth-order valence-corrected chi connectivity index (χ4v) is 5.48. The molecule has 1 amide bonds. The molecule has 39 heavy (non-hydrogen) atoms. The molecular formula is C28H30F2N8O. The van der Waals surface area contributed by atoms with Crippen LogP contribution in [-0.2, 0) is 4.79 Å². The zero-order valence-corrected chi connectivity index (χ0v) is 21.7. The average Bonchev–Trinajstić information content (AvgIpc) is 3.68. The number of carbonyl (C=O) groups excluding carboxylic acids is 1. The normalized spacial score (nSPS) is 21.3. The smallest absolute Gasteiger partial charge is 0.229 e. The van der Waals surface area contributed by atoms with E-state index in [2.05, 4.69) is 37.5 Å². The fourth-order valence-electron chi connectivity index (χ4n) is 5.48. The maximum atomic E-state index is 15.0. The van der Waals surface area contributed by atoms with Crippen molar-refractivity contribution in [2.45, 2.75) is 44.7 Å². The number of nitrogens with two attached hydrogens (primary N) is 1. The van der Waals surface area contributed by atoms with E-state index in [0.29, 0.717) is 35.8 Å². The topological polar surface area (TPSA) is 113 Å². The number of nitrogens with zero attached hydrogens (tertiary/aromatic N) is 5. The molecule has 1 aromatic carbocycles. The van der Waals surface area contributed by atoms with Crippen molar-refractivity contribution in [3.8, 4) is 11.3 Å². The Bertz CT molecular complexity index is 1520. The second-order valence-corrected chi connectivity index (χ2v) is 10.6. The van der Waals surface area contributed by atoms with Crippen LogP contribution in [0.4, 0.5) is 26.1 Å². The molecule has 1 aliphatic carbocycles. The highest BCUT2D eigenvalue weighted by molar-refractivity contribution is 5.75. The number of rotatable bonds is 6. The predicted molar refractivity (Wildman–Crippen MR) is 145 cm³/mol. The molecule has 4 heterocycles. The number of aromatic nitrogens is 4. The van der Waals surface area contributed by atoms with Gasteiger partial charge in [0, 0.05) is 38.3 Å². The number of carbonyl (C=O) groups is 1. The standard InChI is InChI=1S/C28H30F2N8O/c1-15-13-37(14-22(31)27(15)34-16(2)39)25-7-8-32-12-24(25)35-28-33-11-19-5-6-23(36-38(19)28)26-20(29)9-18(10-21(26)30)17-3-4-17/h5-12,15,17,22,27H,3-4,13-14,31H2,1-2H3,(H,33,35)(H,34,39)/t15-,22+,27-/m0/s1. The van der Waals surface area contributed by atoms with Crippen molar-refractivity contribution in [1.82, 2.24) is 24.9 Å². The van der Waals surface area contributed by atoms with E-state index in [0.717, 1.165) is 18.5 Å². The van der Waals surface area contributed by atoms with Crippen molar-refractivity contribution < 1.29 is 13.6 Å². The zero-order chi connectivity index (χ0) is 27.3. The Morgan fingerprint density at radius 1 is 1.10 bits per heavy atom. The third kappa shape index (κ3) is 4.89. The number of imidazole rings is 1. The molecule has 3 aromatic heterocycles. The molecule has 9 nitrogen and oxygen atoms in total. The molecule has 2 fully saturated rings. The van der Waals surface area contributed by atoms with Gasteiger partial charge in [0.1, 0.15) is 11.6 Å². The molecule has 0 radical (unpaired) electrons. The summed E-state index contributed by atoms with van der Waals surface area (Å²) in [4.78, 5) is 22.5. The Kier molecular flexibility index (Phi) is 6.38. The van der Waals surface area contributed by atoms with Crippen molar-refractivity contribution in [3.63, 3.8) is 0 Å². The van der Waals surface area contributed by atoms with Crippen molar-refractivity contribution in [1.29, 1.82) is 0 Å². The summed E-state index contributed by atoms with van der Waals surface area (Å²) in [6.45, 7) is 4.77. The summed E-state index contributed by atoms with van der Waals surface area (Å²) >= 11 is 0. The van der Waals surface area contributed by atoms with Gasteiger partial charge in [0.05, 0.1) is 40.5 Å². The van der Waals surface area contributed by atoms with E-state index < -0.39 is 11.6 Å². The number of benzene rings is 1. The lowest BCUT2D eigenvalue weighted by Gasteiger charge is -2.42. The van der Waals surface area contributed by atoms with E-state index >= 15 is 8.78 Å². The molecule has 1 saturated heterocycles. The first-order valence-corrected chi connectivity index (χ1v) is 13.1. The molecule has 1 aliphatic heterocycles. The van der Waals surface area contributed by atoms with E-state index in [1.54, 1.807) is 30.7 Å². The van der Waals surface area contributed by atoms with E-state index in [4.69, 9.17) is 5.73 Å². The Balaban J connectivity index is 1.30. The molecule has 6 rings (SSSR count). The quantitative estimate of drug-likeness (QED) is 0.344. The summed E-state index contributed by atoms with van der Waals surface area (Å²) in [7, 11) is 0. The van der Waals surface area contributed by atoms with Crippen LogP contribution >= 0.6 is 0 Å². The lowest BCUT2D eigenvalue weighted by atomic mass is 9.89. The number of halogens is 2. The van der Waals surface area contributed by atoms with Crippen molar-refractivity contribution in [3.05, 3.63) is 66.1 Å². The van der Waals surface area contributed by atoms with Gasteiger partial charge in [-0.2, -0.15) is 9.61 Å². The Morgan fingerprint density at radius 3 is 2.56 bits per heavy atom. The van der Waals surface area contributed by atoms with Crippen LogP contribution < -0.4 is 21.3 Å². The minimum Gasteiger partial charge on any atom is -0.368 e. The maximum Gasteiger partial charge on any atom is 0.229 e. The number of pyridine rings is 1. The molecule has 11 heteroatoms. The minimum absolute atomic E-state index is 0.0984. The van der Waals surface area contributed by atoms with Gasteiger partial charge in [-0.05, 0) is 60.6 Å². The van der Waals surface area contributed by atoms with Crippen molar-refractivity contribution in [2.24, 2.45) is 11.7 Å². The summed E-state index contributed by atoms with van der Waals surface area (Å²) in [5, 5.41) is 10.8. The Hall–Kier alpha value is -4.12. The van der Waals surface area contributed by atoms with Gasteiger partial charge in [-0.15, -0.1) is 0 Å². The summed E-state index contributed by atoms with van der Waals surface area (Å²) in [5.41, 5.74) is 9.37. The maximum absolute atomic E-state index is 15.0. The third-order valence-electron chi connectivity index (χ3n) is 7.52. The minimum atomic E-state index is -0.624. The van der Waals surface area contributed by atoms with Gasteiger partial charge in [0.2, 0.25) is 11.9 Å². The summed E-state index contributed by atoms with van der Waals surface area (Å²) in [6, 6.07) is 7.67. The summed E-state index contributed by atoms with van der Waals surface area (Å²) in [5.74, 6) is -0.612. The largest absolute Gasteiger partial charge is 0.368 e. The highest BCUT2D eigenvalue weighted by Gasteiger charge is 2.34. The van der Waals surface area contributed by atoms with Crippen LogP contribution in [0.2, 0.25) is 0 Å². The highest BCUT2D eigenvalue weighted by atomic mass is 19.1. The van der Waals surface area contributed by atoms with Gasteiger partial charge in [0.25, 0.3) is 0 Å². The monoisotopic (exact) mass is 532 g/mol. The summed E-state index contributed by atoms with van der Waals surface area (Å²) in [6.07, 6.45) is 6.94. The predicted octanol–water partition coefficient (Wildman–Crippen LogP) is 3.98. The van der Waals surface area contributed by atoms with Crippen LogP contribution in [-0.4, -0.2) is 50.7 Å². The third-order valence-corrected chi connectivity index (χ3v) is 7.52. The number of nitrogens with one attached hydrogen (secondary N) is 2. The lowest BCUT2D eigenvalue weighted by molar-refractivity contribution is -0.120. The van der Waals surface area contributed by atoms with Crippen LogP contribution in [0, 0.1) is 17.6 Å². The van der Waals surface area contributed by atoms with Gasteiger partial charge in [-0.1, -0.05) is 6.92 Å². The second kappa shape index (κ2) is 9.88. The van der Waals surface area contributed by atoms with Crippen LogP contribution in [0.1, 0.15) is 38.2 Å². The van der Waals surface area contributed by atoms with Crippen LogP contribution in [0.3, 0.4) is 0 Å². The highest BCUT2D eigenvalue weighted by Crippen LogP contribution is 2.42. The van der Waals surface area contributed by atoms with E-state index in [9.17, 15) is 4.79 Å². The van der Waals surface area contributed by atoms with E-state index in [-0.39, 0.29) is 41.1 Å². The molecular weight excluding hydrogens is 502 g/mol. The average molecular weight is 533 g/mol. The van der Waals surface area contributed by atoms with E-state index in [1.807, 2.05) is 6.07 Å². The zero-order valence-electron chi connectivity index (χ0n) is 21.7. The van der Waals surface area contributed by atoms with Gasteiger partial charge in [0.15, 0.2) is 0 Å². The van der Waals surface area contributed by atoms with Gasteiger partial charge in [-0.25, -0.2) is 13.8 Å². The molecule has 3 atom stereocenters. The molecule has 4 aromatic rings. The van der Waals surface area contributed by atoms with Crippen molar-refractivity contribution in [2.75, 3.05) is 23.3 Å². The number of piperidine rings is 1. The van der Waals surface area contributed by atoms with Crippen LogP contribution in [0.15, 0.2) is 48.9 Å². The van der Waals surface area contributed by atoms with E-state index in [1.165, 1.54) is 23.6 Å². The first-order valence-electron chi connectivity index (χ1n) is 13.1. The van der Waals surface area contributed by atoms with Gasteiger partial charge < -0.3 is 21.3 Å². The second-order valence-electron chi connectivity index (χ2n) is 10.6. The lowest BCUT2D eigenvalue weighted by Crippen LogP contribution is -2.61. The fraction of sp³-hybridized carbons (Fsp3) is 0.357. The van der Waals surface area contributed by atoms with Gasteiger partial charge in [-0.3, -0.25) is 9.78 Å². The number of fused-ring (bicyclic) bond motifs is 1. The van der Waals surface area contributed by atoms with Crippen LogP contribution in [0.5, 0.6) is 0 Å².